The van der Waals surface area contributed by atoms with Crippen molar-refractivity contribution in [1.29, 1.82) is 0 Å². The summed E-state index contributed by atoms with van der Waals surface area (Å²) in [5, 5.41) is 3.15. The number of ether oxygens (including phenoxy) is 2. The summed E-state index contributed by atoms with van der Waals surface area (Å²) >= 11 is 11.6. The maximum absolute atomic E-state index is 11.7. The van der Waals surface area contributed by atoms with Gasteiger partial charge in [0.15, 0.2) is 11.5 Å². The van der Waals surface area contributed by atoms with Crippen molar-refractivity contribution in [2.24, 2.45) is 0 Å². The molecule has 0 radical (unpaired) electrons. The van der Waals surface area contributed by atoms with E-state index < -0.39 is 0 Å². The quantitative estimate of drug-likeness (QED) is 0.617. The second-order valence-electron chi connectivity index (χ2n) is 3.88. The lowest BCUT2D eigenvalue weighted by Gasteiger charge is -2.12. The Balaban J connectivity index is 2.75. The van der Waals surface area contributed by atoms with Crippen LogP contribution in [0.25, 0.3) is 0 Å². The zero-order valence-corrected chi connectivity index (χ0v) is 12.5. The van der Waals surface area contributed by atoms with Gasteiger partial charge in [0, 0.05) is 24.4 Å². The highest BCUT2D eigenvalue weighted by molar-refractivity contribution is 6.34. The number of nitrogens with one attached hydrogen (secondary N) is 1. The number of alkyl halides is 1. The summed E-state index contributed by atoms with van der Waals surface area (Å²) in [5.74, 6) is 1.50. The largest absolute Gasteiger partial charge is 0.493 e. The SMILES string of the molecule is COc1cc(Cl)c(NC(=O)CCCCCl)cc1OC. The predicted molar refractivity (Wildman–Crippen MR) is 77.8 cm³/mol. The molecular formula is C13H17Cl2NO3. The van der Waals surface area contributed by atoms with Crippen LogP contribution in [0.2, 0.25) is 5.02 Å². The third-order valence-corrected chi connectivity index (χ3v) is 3.11. The van der Waals surface area contributed by atoms with Gasteiger partial charge in [-0.3, -0.25) is 4.79 Å². The fourth-order valence-corrected chi connectivity index (χ4v) is 1.93. The van der Waals surface area contributed by atoms with Gasteiger partial charge in [-0.2, -0.15) is 0 Å². The summed E-state index contributed by atoms with van der Waals surface area (Å²) < 4.78 is 10.3. The standard InChI is InChI=1S/C13H17Cl2NO3/c1-18-11-7-9(15)10(8-12(11)19-2)16-13(17)5-3-4-6-14/h7-8H,3-6H2,1-2H3,(H,16,17). The van der Waals surface area contributed by atoms with E-state index in [1.807, 2.05) is 0 Å². The van der Waals surface area contributed by atoms with Crippen molar-refractivity contribution in [2.75, 3.05) is 25.4 Å². The number of carbonyl (C=O) groups excluding carboxylic acids is 1. The summed E-state index contributed by atoms with van der Waals surface area (Å²) in [7, 11) is 3.05. The van der Waals surface area contributed by atoms with Crippen LogP contribution in [0.1, 0.15) is 19.3 Å². The van der Waals surface area contributed by atoms with Crippen LogP contribution in [-0.2, 0) is 4.79 Å². The molecule has 0 unspecified atom stereocenters. The molecule has 0 atom stereocenters. The number of methoxy groups -OCH3 is 2. The van der Waals surface area contributed by atoms with Crippen LogP contribution in [0.5, 0.6) is 11.5 Å². The molecule has 0 aliphatic carbocycles. The number of hydrogen-bond acceptors (Lipinski definition) is 3. The summed E-state index contributed by atoms with van der Waals surface area (Å²) in [6.07, 6.45) is 1.98. The van der Waals surface area contributed by atoms with Crippen molar-refractivity contribution in [2.45, 2.75) is 19.3 Å². The molecule has 0 saturated carbocycles. The Labute approximate surface area is 123 Å². The van der Waals surface area contributed by atoms with E-state index in [9.17, 15) is 4.79 Å². The van der Waals surface area contributed by atoms with Crippen molar-refractivity contribution in [3.05, 3.63) is 17.2 Å². The molecule has 1 aromatic carbocycles. The Morgan fingerprint density at radius 2 is 1.84 bits per heavy atom. The molecule has 0 heterocycles. The minimum atomic E-state index is -0.0979. The molecule has 1 aromatic rings. The Bertz CT molecular complexity index is 438. The zero-order chi connectivity index (χ0) is 14.3. The first-order valence-corrected chi connectivity index (χ1v) is 6.81. The minimum Gasteiger partial charge on any atom is -0.493 e. The van der Waals surface area contributed by atoms with Gasteiger partial charge < -0.3 is 14.8 Å². The molecule has 0 bridgehead atoms. The number of hydrogen-bond donors (Lipinski definition) is 1. The summed E-state index contributed by atoms with van der Waals surface area (Å²) in [5.41, 5.74) is 0.509. The lowest BCUT2D eigenvalue weighted by molar-refractivity contribution is -0.116. The number of rotatable bonds is 7. The molecule has 6 heteroatoms. The second-order valence-corrected chi connectivity index (χ2v) is 4.67. The summed E-state index contributed by atoms with van der Waals surface area (Å²) in [4.78, 5) is 11.7. The first-order chi connectivity index (χ1) is 9.12. The van der Waals surface area contributed by atoms with E-state index in [1.165, 1.54) is 14.2 Å². The van der Waals surface area contributed by atoms with Crippen LogP contribution < -0.4 is 14.8 Å². The molecule has 0 aliphatic heterocycles. The Hall–Kier alpha value is -1.13. The number of halogens is 2. The zero-order valence-electron chi connectivity index (χ0n) is 11.0. The summed E-state index contributed by atoms with van der Waals surface area (Å²) in [6.45, 7) is 0. The van der Waals surface area contributed by atoms with Crippen molar-refractivity contribution < 1.29 is 14.3 Å². The number of amides is 1. The highest BCUT2D eigenvalue weighted by Crippen LogP contribution is 2.36. The normalized spacial score (nSPS) is 10.1. The number of carbonyl (C=O) groups is 1. The average Bonchev–Trinajstić information content (AvgIpc) is 2.40. The van der Waals surface area contributed by atoms with E-state index in [-0.39, 0.29) is 5.91 Å². The minimum absolute atomic E-state index is 0.0979. The molecule has 0 spiro atoms. The van der Waals surface area contributed by atoms with E-state index in [2.05, 4.69) is 5.32 Å². The maximum Gasteiger partial charge on any atom is 0.224 e. The van der Waals surface area contributed by atoms with Gasteiger partial charge in [0.1, 0.15) is 0 Å². The van der Waals surface area contributed by atoms with E-state index >= 15 is 0 Å². The molecule has 1 N–H and O–H groups in total. The fourth-order valence-electron chi connectivity index (χ4n) is 1.54. The fraction of sp³-hybridized carbons (Fsp3) is 0.462. The van der Waals surface area contributed by atoms with Crippen molar-refractivity contribution in [1.82, 2.24) is 0 Å². The third-order valence-electron chi connectivity index (χ3n) is 2.53. The number of unbranched alkanes of at least 4 members (excludes halogenated alkanes) is 1. The smallest absolute Gasteiger partial charge is 0.224 e. The third kappa shape index (κ3) is 4.80. The van der Waals surface area contributed by atoms with Gasteiger partial charge in [-0.05, 0) is 12.8 Å². The summed E-state index contributed by atoms with van der Waals surface area (Å²) in [6, 6.07) is 3.25. The van der Waals surface area contributed by atoms with E-state index in [4.69, 9.17) is 32.7 Å². The molecular weight excluding hydrogens is 289 g/mol. The topological polar surface area (TPSA) is 47.6 Å². The van der Waals surface area contributed by atoms with Crippen LogP contribution in [0, 0.1) is 0 Å². The van der Waals surface area contributed by atoms with Crippen LogP contribution in [0.4, 0.5) is 5.69 Å². The van der Waals surface area contributed by atoms with E-state index in [0.717, 1.165) is 12.8 Å². The monoisotopic (exact) mass is 305 g/mol. The van der Waals surface area contributed by atoms with Gasteiger partial charge in [0.2, 0.25) is 5.91 Å². The maximum atomic E-state index is 11.7. The van der Waals surface area contributed by atoms with E-state index in [0.29, 0.717) is 34.5 Å². The van der Waals surface area contributed by atoms with Gasteiger partial charge in [-0.25, -0.2) is 0 Å². The first kappa shape index (κ1) is 15.9. The predicted octanol–water partition coefficient (Wildman–Crippen LogP) is 3.70. The van der Waals surface area contributed by atoms with Crippen LogP contribution in [0.3, 0.4) is 0 Å². The highest BCUT2D eigenvalue weighted by Gasteiger charge is 2.11. The Morgan fingerprint density at radius 1 is 1.21 bits per heavy atom. The highest BCUT2D eigenvalue weighted by atomic mass is 35.5. The Kier molecular flexibility index (Phi) is 6.81. The van der Waals surface area contributed by atoms with Crippen LogP contribution in [0.15, 0.2) is 12.1 Å². The molecule has 0 aromatic heterocycles. The second kappa shape index (κ2) is 8.12. The lowest BCUT2D eigenvalue weighted by atomic mass is 10.2. The van der Waals surface area contributed by atoms with E-state index in [1.54, 1.807) is 12.1 Å². The van der Waals surface area contributed by atoms with Gasteiger partial charge in [-0.1, -0.05) is 11.6 Å². The average molecular weight is 306 g/mol. The molecule has 0 aliphatic rings. The molecule has 1 rings (SSSR count). The molecule has 1 amide bonds. The van der Waals surface area contributed by atoms with Crippen molar-refractivity contribution in [3.8, 4) is 11.5 Å². The lowest BCUT2D eigenvalue weighted by Crippen LogP contribution is -2.11. The molecule has 0 fully saturated rings. The number of anilines is 1. The van der Waals surface area contributed by atoms with Gasteiger partial charge in [0.25, 0.3) is 0 Å². The molecule has 106 valence electrons. The molecule has 0 saturated heterocycles. The molecule has 4 nitrogen and oxygen atoms in total. The van der Waals surface area contributed by atoms with Crippen LogP contribution in [-0.4, -0.2) is 26.0 Å². The first-order valence-electron chi connectivity index (χ1n) is 5.89. The van der Waals surface area contributed by atoms with Gasteiger partial charge in [-0.15, -0.1) is 11.6 Å². The van der Waals surface area contributed by atoms with Gasteiger partial charge >= 0.3 is 0 Å². The van der Waals surface area contributed by atoms with Gasteiger partial charge in [0.05, 0.1) is 24.9 Å². The van der Waals surface area contributed by atoms with Crippen molar-refractivity contribution >= 4 is 34.8 Å². The Morgan fingerprint density at radius 3 is 2.42 bits per heavy atom. The van der Waals surface area contributed by atoms with Crippen molar-refractivity contribution in [3.63, 3.8) is 0 Å². The molecule has 19 heavy (non-hydrogen) atoms. The van der Waals surface area contributed by atoms with Crippen LogP contribution >= 0.6 is 23.2 Å². The number of benzene rings is 1.